The molecule has 0 aromatic heterocycles. The zero-order valence-corrected chi connectivity index (χ0v) is 16.6. The maximum Gasteiger partial charge on any atom is 0.242 e. The van der Waals surface area contributed by atoms with Crippen LogP contribution in [0.1, 0.15) is 60.8 Å². The molecular formula is C20H34N2O3. The second-order valence-corrected chi connectivity index (χ2v) is 6.95. The summed E-state index contributed by atoms with van der Waals surface area (Å²) >= 11 is 0. The van der Waals surface area contributed by atoms with E-state index in [1.54, 1.807) is 0 Å². The fourth-order valence-electron chi connectivity index (χ4n) is 2.10. The van der Waals surface area contributed by atoms with E-state index >= 15 is 0 Å². The number of hydrogen-bond acceptors (Lipinski definition) is 4. The standard InChI is InChI=1S/C20H34N2O3/c1-7-12-24-17-11-10-16(14-18(17)25-13-8-2)21-15(4)19(23)22-20(5,6)9-3/h10-11,14-15,21H,7-9,12-13H2,1-6H3,(H,22,23). The van der Waals surface area contributed by atoms with Crippen LogP contribution in [0.5, 0.6) is 11.5 Å². The van der Waals surface area contributed by atoms with E-state index in [1.165, 1.54) is 0 Å². The van der Waals surface area contributed by atoms with Crippen molar-refractivity contribution in [2.24, 2.45) is 0 Å². The molecule has 0 spiro atoms. The van der Waals surface area contributed by atoms with Crippen molar-refractivity contribution in [1.29, 1.82) is 0 Å². The van der Waals surface area contributed by atoms with E-state index in [0.717, 1.165) is 30.7 Å². The van der Waals surface area contributed by atoms with Crippen molar-refractivity contribution in [3.8, 4) is 11.5 Å². The first-order valence-corrected chi connectivity index (χ1v) is 9.31. The monoisotopic (exact) mass is 350 g/mol. The van der Waals surface area contributed by atoms with Gasteiger partial charge in [0.2, 0.25) is 5.91 Å². The normalized spacial score (nSPS) is 12.4. The van der Waals surface area contributed by atoms with E-state index < -0.39 is 0 Å². The van der Waals surface area contributed by atoms with E-state index in [-0.39, 0.29) is 17.5 Å². The third-order valence-electron chi connectivity index (χ3n) is 3.99. The molecule has 0 aliphatic rings. The van der Waals surface area contributed by atoms with Crippen molar-refractivity contribution in [2.45, 2.75) is 72.4 Å². The largest absolute Gasteiger partial charge is 0.490 e. The van der Waals surface area contributed by atoms with Gasteiger partial charge in [-0.1, -0.05) is 20.8 Å². The van der Waals surface area contributed by atoms with Gasteiger partial charge >= 0.3 is 0 Å². The summed E-state index contributed by atoms with van der Waals surface area (Å²) in [6.45, 7) is 13.4. The lowest BCUT2D eigenvalue weighted by molar-refractivity contribution is -0.123. The summed E-state index contributed by atoms with van der Waals surface area (Å²) in [5.41, 5.74) is 0.632. The highest BCUT2D eigenvalue weighted by Crippen LogP contribution is 2.31. The Hall–Kier alpha value is -1.91. The molecule has 5 heteroatoms. The highest BCUT2D eigenvalue weighted by Gasteiger charge is 2.22. The van der Waals surface area contributed by atoms with Gasteiger partial charge in [0.25, 0.3) is 0 Å². The van der Waals surface area contributed by atoms with Crippen LogP contribution < -0.4 is 20.1 Å². The van der Waals surface area contributed by atoms with Crippen molar-refractivity contribution in [1.82, 2.24) is 5.32 Å². The summed E-state index contributed by atoms with van der Waals surface area (Å²) in [6.07, 6.45) is 2.75. The Kier molecular flexibility index (Phi) is 8.59. The molecule has 0 aliphatic heterocycles. The van der Waals surface area contributed by atoms with Crippen LogP contribution in [0, 0.1) is 0 Å². The Morgan fingerprint density at radius 2 is 1.68 bits per heavy atom. The predicted molar refractivity (Wildman–Crippen MR) is 104 cm³/mol. The maximum absolute atomic E-state index is 12.4. The molecule has 2 N–H and O–H groups in total. The molecule has 0 aliphatic carbocycles. The maximum atomic E-state index is 12.4. The first kappa shape index (κ1) is 21.1. The summed E-state index contributed by atoms with van der Waals surface area (Å²) in [7, 11) is 0. The minimum Gasteiger partial charge on any atom is -0.490 e. The number of amides is 1. The van der Waals surface area contributed by atoms with Crippen LogP contribution in [0.25, 0.3) is 0 Å². The Morgan fingerprint density at radius 3 is 2.24 bits per heavy atom. The highest BCUT2D eigenvalue weighted by molar-refractivity contribution is 5.84. The fraction of sp³-hybridized carbons (Fsp3) is 0.650. The first-order chi connectivity index (χ1) is 11.8. The van der Waals surface area contributed by atoms with Gasteiger partial charge in [-0.25, -0.2) is 0 Å². The molecule has 142 valence electrons. The molecule has 25 heavy (non-hydrogen) atoms. The molecule has 0 heterocycles. The summed E-state index contributed by atoms with van der Waals surface area (Å²) in [4.78, 5) is 12.4. The Morgan fingerprint density at radius 1 is 1.08 bits per heavy atom. The zero-order valence-electron chi connectivity index (χ0n) is 16.6. The third-order valence-corrected chi connectivity index (χ3v) is 3.99. The smallest absolute Gasteiger partial charge is 0.242 e. The molecule has 1 aromatic carbocycles. The minimum absolute atomic E-state index is 0.0193. The van der Waals surface area contributed by atoms with Crippen molar-refractivity contribution >= 4 is 11.6 Å². The fourth-order valence-corrected chi connectivity index (χ4v) is 2.10. The SMILES string of the molecule is CCCOc1ccc(NC(C)C(=O)NC(C)(C)CC)cc1OCCC. The van der Waals surface area contributed by atoms with Gasteiger partial charge in [-0.3, -0.25) is 4.79 Å². The van der Waals surface area contributed by atoms with Crippen LogP contribution >= 0.6 is 0 Å². The van der Waals surface area contributed by atoms with Gasteiger partial charge in [0.1, 0.15) is 6.04 Å². The van der Waals surface area contributed by atoms with Crippen LogP contribution in [-0.2, 0) is 4.79 Å². The van der Waals surface area contributed by atoms with Gasteiger partial charge in [0.05, 0.1) is 13.2 Å². The molecule has 1 unspecified atom stereocenters. The number of benzene rings is 1. The van der Waals surface area contributed by atoms with Gasteiger partial charge in [0.15, 0.2) is 11.5 Å². The lowest BCUT2D eigenvalue weighted by atomic mass is 10.0. The average molecular weight is 351 g/mol. The predicted octanol–water partition coefficient (Wildman–Crippen LogP) is 4.37. The number of carbonyl (C=O) groups is 1. The van der Waals surface area contributed by atoms with E-state index in [1.807, 2.05) is 39.0 Å². The van der Waals surface area contributed by atoms with E-state index in [4.69, 9.17) is 9.47 Å². The van der Waals surface area contributed by atoms with E-state index in [2.05, 4.69) is 31.4 Å². The van der Waals surface area contributed by atoms with Crippen LogP contribution in [0.4, 0.5) is 5.69 Å². The highest BCUT2D eigenvalue weighted by atomic mass is 16.5. The molecule has 0 fully saturated rings. The van der Waals surface area contributed by atoms with Gasteiger partial charge < -0.3 is 20.1 Å². The van der Waals surface area contributed by atoms with Crippen LogP contribution in [0.15, 0.2) is 18.2 Å². The summed E-state index contributed by atoms with van der Waals surface area (Å²) in [5, 5.41) is 6.30. The molecule has 1 rings (SSSR count). The van der Waals surface area contributed by atoms with Crippen molar-refractivity contribution < 1.29 is 14.3 Å². The second-order valence-electron chi connectivity index (χ2n) is 6.95. The minimum atomic E-state index is -0.340. The summed E-state index contributed by atoms with van der Waals surface area (Å²) < 4.78 is 11.5. The number of anilines is 1. The number of ether oxygens (including phenoxy) is 2. The Balaban J connectivity index is 2.81. The lowest BCUT2D eigenvalue weighted by Crippen LogP contribution is -2.48. The van der Waals surface area contributed by atoms with Gasteiger partial charge in [-0.15, -0.1) is 0 Å². The van der Waals surface area contributed by atoms with Crippen LogP contribution in [-0.4, -0.2) is 30.7 Å². The Bertz CT molecular complexity index is 544. The summed E-state index contributed by atoms with van der Waals surface area (Å²) in [6, 6.07) is 5.37. The number of rotatable bonds is 11. The topological polar surface area (TPSA) is 59.6 Å². The quantitative estimate of drug-likeness (QED) is 0.622. The van der Waals surface area contributed by atoms with Crippen molar-refractivity contribution in [3.63, 3.8) is 0 Å². The first-order valence-electron chi connectivity index (χ1n) is 9.31. The summed E-state index contributed by atoms with van der Waals surface area (Å²) in [5.74, 6) is 1.43. The molecular weight excluding hydrogens is 316 g/mol. The molecule has 0 bridgehead atoms. The third kappa shape index (κ3) is 7.24. The van der Waals surface area contributed by atoms with E-state index in [9.17, 15) is 4.79 Å². The number of hydrogen-bond donors (Lipinski definition) is 2. The van der Waals surface area contributed by atoms with Gasteiger partial charge in [-0.2, -0.15) is 0 Å². The number of carbonyl (C=O) groups excluding carboxylic acids is 1. The molecule has 1 aromatic rings. The Labute approximate surface area is 152 Å². The van der Waals surface area contributed by atoms with Crippen molar-refractivity contribution in [2.75, 3.05) is 18.5 Å². The number of nitrogens with one attached hydrogen (secondary N) is 2. The molecule has 0 saturated heterocycles. The molecule has 0 radical (unpaired) electrons. The zero-order chi connectivity index (χ0) is 18.9. The van der Waals surface area contributed by atoms with E-state index in [0.29, 0.717) is 19.0 Å². The molecule has 1 atom stereocenters. The van der Waals surface area contributed by atoms with Crippen LogP contribution in [0.3, 0.4) is 0 Å². The molecule has 5 nitrogen and oxygen atoms in total. The molecule has 0 saturated carbocycles. The van der Waals surface area contributed by atoms with Gasteiger partial charge in [0, 0.05) is 17.3 Å². The molecule has 1 amide bonds. The average Bonchev–Trinajstić information content (AvgIpc) is 2.58. The van der Waals surface area contributed by atoms with Crippen molar-refractivity contribution in [3.05, 3.63) is 18.2 Å². The lowest BCUT2D eigenvalue weighted by Gasteiger charge is -2.27. The van der Waals surface area contributed by atoms with Gasteiger partial charge in [-0.05, 0) is 52.2 Å². The second kappa shape index (κ2) is 10.2. The van der Waals surface area contributed by atoms with Crippen LogP contribution in [0.2, 0.25) is 0 Å².